The minimum absolute atomic E-state index is 0.0441. The minimum Gasteiger partial charge on any atom is -0.376 e. The van der Waals surface area contributed by atoms with Gasteiger partial charge in [-0.1, -0.05) is 29.8 Å². The van der Waals surface area contributed by atoms with Gasteiger partial charge in [0.25, 0.3) is 11.5 Å². The van der Waals surface area contributed by atoms with Gasteiger partial charge in [0, 0.05) is 18.2 Å². The summed E-state index contributed by atoms with van der Waals surface area (Å²) < 4.78 is 7.65. The molecule has 1 aliphatic heterocycles. The maximum atomic E-state index is 13.3. The fourth-order valence-electron chi connectivity index (χ4n) is 3.95. The van der Waals surface area contributed by atoms with Gasteiger partial charge in [0.1, 0.15) is 0 Å². The third-order valence-electron chi connectivity index (χ3n) is 5.47. The zero-order chi connectivity index (χ0) is 23.5. The van der Waals surface area contributed by atoms with Gasteiger partial charge in [0.15, 0.2) is 0 Å². The lowest BCUT2D eigenvalue weighted by atomic mass is 10.1. The summed E-state index contributed by atoms with van der Waals surface area (Å²) in [4.78, 5) is 39.4. The number of aryl methyl sites for hydroxylation is 2. The number of aromatic nitrogens is 3. The maximum absolute atomic E-state index is 13.3. The summed E-state index contributed by atoms with van der Waals surface area (Å²) >= 11 is 6.08. The van der Waals surface area contributed by atoms with Gasteiger partial charge in [-0.15, -0.1) is 0 Å². The summed E-state index contributed by atoms with van der Waals surface area (Å²) in [5.41, 5.74) is 1.24. The molecule has 1 saturated heterocycles. The van der Waals surface area contributed by atoms with Crippen LogP contribution in [0.25, 0.3) is 5.69 Å². The second-order valence-electron chi connectivity index (χ2n) is 8.26. The van der Waals surface area contributed by atoms with Crippen LogP contribution < -0.4 is 16.6 Å². The Morgan fingerprint density at radius 1 is 1.18 bits per heavy atom. The molecule has 0 unspecified atom stereocenters. The number of amides is 1. The number of hydrogen-bond acceptors (Lipinski definition) is 5. The lowest BCUT2D eigenvalue weighted by molar-refractivity contribution is 0.0849. The smallest absolute Gasteiger partial charge is 0.352 e. The molecule has 3 aromatic rings. The fraction of sp³-hybridized carbons (Fsp3) is 0.333. The zero-order valence-corrected chi connectivity index (χ0v) is 19.3. The molecule has 8 nitrogen and oxygen atoms in total. The first kappa shape index (κ1) is 22.9. The molecule has 1 atom stereocenters. The molecule has 1 fully saturated rings. The number of nitrogens with one attached hydrogen (secondary N) is 1. The molecule has 33 heavy (non-hydrogen) atoms. The highest BCUT2D eigenvalue weighted by Gasteiger charge is 2.23. The van der Waals surface area contributed by atoms with Gasteiger partial charge < -0.3 is 10.1 Å². The first-order valence-corrected chi connectivity index (χ1v) is 11.2. The van der Waals surface area contributed by atoms with E-state index in [1.54, 1.807) is 36.4 Å². The molecule has 0 spiro atoms. The Hall–Kier alpha value is -3.23. The second kappa shape index (κ2) is 9.72. The summed E-state index contributed by atoms with van der Waals surface area (Å²) in [6.07, 6.45) is 1.69. The van der Waals surface area contributed by atoms with Crippen molar-refractivity contribution in [3.63, 3.8) is 0 Å². The van der Waals surface area contributed by atoms with Crippen LogP contribution in [-0.4, -0.2) is 39.5 Å². The van der Waals surface area contributed by atoms with E-state index in [4.69, 9.17) is 16.3 Å². The number of hydrogen-bond donors (Lipinski definition) is 1. The first-order valence-electron chi connectivity index (χ1n) is 10.8. The van der Waals surface area contributed by atoms with Gasteiger partial charge in [-0.05, 0) is 67.6 Å². The number of ether oxygens (including phenoxy) is 1. The van der Waals surface area contributed by atoms with Crippen molar-refractivity contribution in [2.45, 2.75) is 39.3 Å². The predicted octanol–water partition coefficient (Wildman–Crippen LogP) is 2.62. The van der Waals surface area contributed by atoms with Gasteiger partial charge >= 0.3 is 5.69 Å². The normalized spacial score (nSPS) is 15.5. The van der Waals surface area contributed by atoms with E-state index >= 15 is 0 Å². The monoisotopic (exact) mass is 468 g/mol. The average molecular weight is 469 g/mol. The van der Waals surface area contributed by atoms with Crippen LogP contribution in [0.2, 0.25) is 5.02 Å². The van der Waals surface area contributed by atoms with E-state index in [9.17, 15) is 14.4 Å². The van der Waals surface area contributed by atoms with Crippen molar-refractivity contribution in [2.75, 3.05) is 13.2 Å². The highest BCUT2D eigenvalue weighted by molar-refractivity contribution is 6.30. The fourth-order valence-corrected chi connectivity index (χ4v) is 4.16. The third kappa shape index (κ3) is 5.23. The molecule has 4 rings (SSSR count). The Bertz CT molecular complexity index is 1290. The molecule has 1 N–H and O–H groups in total. The Morgan fingerprint density at radius 3 is 2.61 bits per heavy atom. The zero-order valence-electron chi connectivity index (χ0n) is 18.5. The number of carbonyl (C=O) groups excluding carboxylic acids is 1. The largest absolute Gasteiger partial charge is 0.376 e. The van der Waals surface area contributed by atoms with Crippen LogP contribution in [-0.2, 0) is 11.3 Å². The average Bonchev–Trinajstić information content (AvgIpc) is 3.28. The molecule has 2 heterocycles. The highest BCUT2D eigenvalue weighted by Crippen LogP contribution is 2.13. The number of rotatable bonds is 6. The molecule has 0 radical (unpaired) electrons. The van der Waals surface area contributed by atoms with Crippen molar-refractivity contribution >= 4 is 17.5 Å². The van der Waals surface area contributed by atoms with Crippen LogP contribution in [0.15, 0.2) is 52.1 Å². The Labute approximate surface area is 195 Å². The SMILES string of the molecule is Cc1cc(C)cc(-n2nc(C(=O)NC[C@@H]3CCCO3)c(=O)n(Cc3cccc(Cl)c3)c2=O)c1. The van der Waals surface area contributed by atoms with Crippen molar-refractivity contribution in [1.82, 2.24) is 19.7 Å². The summed E-state index contributed by atoms with van der Waals surface area (Å²) in [6.45, 7) is 4.69. The third-order valence-corrected chi connectivity index (χ3v) is 5.71. The minimum atomic E-state index is -0.759. The molecule has 172 valence electrons. The molecule has 2 aromatic carbocycles. The van der Waals surface area contributed by atoms with Crippen molar-refractivity contribution in [3.8, 4) is 5.69 Å². The lowest BCUT2D eigenvalue weighted by Crippen LogP contribution is -2.46. The van der Waals surface area contributed by atoms with Crippen molar-refractivity contribution < 1.29 is 9.53 Å². The number of carbonyl (C=O) groups is 1. The lowest BCUT2D eigenvalue weighted by Gasteiger charge is -2.14. The Kier molecular flexibility index (Phi) is 6.76. The van der Waals surface area contributed by atoms with E-state index in [1.165, 1.54) is 0 Å². The number of benzene rings is 2. The van der Waals surface area contributed by atoms with Gasteiger partial charge in [-0.2, -0.15) is 9.78 Å². The van der Waals surface area contributed by atoms with E-state index in [0.29, 0.717) is 22.9 Å². The van der Waals surface area contributed by atoms with Crippen molar-refractivity contribution in [1.29, 1.82) is 0 Å². The Balaban J connectivity index is 1.80. The summed E-state index contributed by atoms with van der Waals surface area (Å²) in [5.74, 6) is -0.645. The molecule has 0 aliphatic carbocycles. The number of halogens is 1. The maximum Gasteiger partial charge on any atom is 0.352 e. The Morgan fingerprint density at radius 2 is 1.94 bits per heavy atom. The predicted molar refractivity (Wildman–Crippen MR) is 125 cm³/mol. The van der Waals surface area contributed by atoms with E-state index in [0.717, 1.165) is 33.2 Å². The van der Waals surface area contributed by atoms with Gasteiger partial charge in [-0.3, -0.25) is 14.2 Å². The summed E-state index contributed by atoms with van der Waals surface area (Å²) in [6, 6.07) is 12.4. The first-order chi connectivity index (χ1) is 15.8. The molecular weight excluding hydrogens is 444 g/mol. The number of nitrogens with zero attached hydrogens (tertiary/aromatic N) is 3. The van der Waals surface area contributed by atoms with E-state index in [2.05, 4.69) is 10.4 Å². The van der Waals surface area contributed by atoms with Crippen LogP contribution in [0.4, 0.5) is 0 Å². The van der Waals surface area contributed by atoms with E-state index < -0.39 is 17.2 Å². The van der Waals surface area contributed by atoms with Crippen LogP contribution in [0.1, 0.15) is 40.0 Å². The van der Waals surface area contributed by atoms with Gasteiger partial charge in [-0.25, -0.2) is 4.79 Å². The summed E-state index contributed by atoms with van der Waals surface area (Å²) in [7, 11) is 0. The van der Waals surface area contributed by atoms with Gasteiger partial charge in [0.2, 0.25) is 5.69 Å². The highest BCUT2D eigenvalue weighted by atomic mass is 35.5. The van der Waals surface area contributed by atoms with Gasteiger partial charge in [0.05, 0.1) is 18.3 Å². The molecule has 1 amide bonds. The van der Waals surface area contributed by atoms with E-state index in [-0.39, 0.29) is 24.9 Å². The van der Waals surface area contributed by atoms with E-state index in [1.807, 2.05) is 19.9 Å². The van der Waals surface area contributed by atoms with Crippen LogP contribution in [0, 0.1) is 13.8 Å². The standard InChI is InChI=1S/C24H25ClN4O4/c1-15-9-16(2)11-19(10-15)29-24(32)28(14-17-5-3-6-18(25)12-17)23(31)21(27-29)22(30)26-13-20-7-4-8-33-20/h3,5-6,9-12,20H,4,7-8,13-14H2,1-2H3,(H,26,30)/t20-/m0/s1. The quantitative estimate of drug-likeness (QED) is 0.600. The molecule has 0 bridgehead atoms. The van der Waals surface area contributed by atoms with Crippen LogP contribution >= 0.6 is 11.6 Å². The topological polar surface area (TPSA) is 95.2 Å². The van der Waals surface area contributed by atoms with Crippen LogP contribution in [0.5, 0.6) is 0 Å². The van der Waals surface area contributed by atoms with Crippen molar-refractivity contribution in [3.05, 3.63) is 90.7 Å². The molecular formula is C24H25ClN4O4. The van der Waals surface area contributed by atoms with Crippen LogP contribution in [0.3, 0.4) is 0 Å². The molecule has 0 saturated carbocycles. The second-order valence-corrected chi connectivity index (χ2v) is 8.69. The molecule has 1 aromatic heterocycles. The summed E-state index contributed by atoms with van der Waals surface area (Å²) in [5, 5.41) is 7.39. The molecule has 9 heteroatoms. The molecule has 1 aliphatic rings. The van der Waals surface area contributed by atoms with Crippen molar-refractivity contribution in [2.24, 2.45) is 0 Å².